The van der Waals surface area contributed by atoms with Crippen molar-refractivity contribution in [3.63, 3.8) is 0 Å². The summed E-state index contributed by atoms with van der Waals surface area (Å²) in [5, 5.41) is 25.5. The largest absolute Gasteiger partial charge is 0.344 e. The van der Waals surface area contributed by atoms with Gasteiger partial charge in [-0.1, -0.05) is 0 Å². The van der Waals surface area contributed by atoms with Crippen molar-refractivity contribution in [2.24, 2.45) is 5.73 Å². The Morgan fingerprint density at radius 3 is 1.86 bits per heavy atom. The summed E-state index contributed by atoms with van der Waals surface area (Å²) in [4.78, 5) is 0. The summed E-state index contributed by atoms with van der Waals surface area (Å²) >= 11 is 0. The average molecular weight is 108 g/mol. The van der Waals surface area contributed by atoms with Crippen LogP contribution < -0.4 is 11.1 Å². The van der Waals surface area contributed by atoms with Gasteiger partial charge >= 0.3 is 6.10 Å². The van der Waals surface area contributed by atoms with Crippen LogP contribution in [0, 0.1) is 0 Å². The van der Waals surface area contributed by atoms with E-state index in [4.69, 9.17) is 21.1 Å². The maximum absolute atomic E-state index is 7.94. The van der Waals surface area contributed by atoms with Crippen molar-refractivity contribution in [3.05, 3.63) is 0 Å². The second-order valence-electron chi connectivity index (χ2n) is 1.02. The van der Waals surface area contributed by atoms with Crippen LogP contribution in [0.3, 0.4) is 0 Å². The number of nitrogens with one attached hydrogen (secondary N) is 1. The third-order valence-corrected chi connectivity index (χ3v) is 0.339. The van der Waals surface area contributed by atoms with E-state index in [1.54, 1.807) is 5.32 Å². The van der Waals surface area contributed by atoms with Crippen LogP contribution in [0.4, 0.5) is 0 Å². The normalized spacial score (nSPS) is 12.0. The predicted octanol–water partition coefficient (Wildman–Crippen LogP) is -2.92. The lowest BCUT2D eigenvalue weighted by Gasteiger charge is -2.12. The molecule has 0 heterocycles. The minimum absolute atomic E-state index is 0.191. The first kappa shape index (κ1) is 6.80. The van der Waals surface area contributed by atoms with Gasteiger partial charge in [-0.05, 0) is 0 Å². The average Bonchev–Trinajstić information content (AvgIpc) is 1.30. The maximum Gasteiger partial charge on any atom is 0.344 e. The zero-order chi connectivity index (χ0) is 5.91. The summed E-state index contributed by atoms with van der Waals surface area (Å²) in [6, 6.07) is 0. The zero-order valence-corrected chi connectivity index (χ0v) is 3.63. The first-order valence-corrected chi connectivity index (χ1v) is 1.68. The SMILES string of the molecule is NCNC(O)(O)O. The molecule has 0 aliphatic heterocycles. The molecule has 5 nitrogen and oxygen atoms in total. The van der Waals surface area contributed by atoms with Gasteiger partial charge in [0.1, 0.15) is 0 Å². The van der Waals surface area contributed by atoms with E-state index in [2.05, 4.69) is 0 Å². The van der Waals surface area contributed by atoms with Gasteiger partial charge in [0.15, 0.2) is 0 Å². The minimum Gasteiger partial charge on any atom is -0.330 e. The van der Waals surface area contributed by atoms with Gasteiger partial charge in [0.2, 0.25) is 0 Å². The molecule has 0 saturated heterocycles. The quantitative estimate of drug-likeness (QED) is 0.244. The van der Waals surface area contributed by atoms with Crippen LogP contribution in [0.25, 0.3) is 0 Å². The highest BCUT2D eigenvalue weighted by Gasteiger charge is 2.13. The number of hydrogen-bond donors (Lipinski definition) is 5. The number of rotatable bonds is 2. The van der Waals surface area contributed by atoms with Crippen molar-refractivity contribution < 1.29 is 15.3 Å². The molecule has 6 N–H and O–H groups in total. The Kier molecular flexibility index (Phi) is 2.13. The Hall–Kier alpha value is -0.200. The van der Waals surface area contributed by atoms with Crippen LogP contribution in [-0.2, 0) is 0 Å². The summed E-state index contributed by atoms with van der Waals surface area (Å²) in [6.45, 7) is -0.191. The molecule has 0 aromatic rings. The predicted molar refractivity (Wildman–Crippen MR) is 21.6 cm³/mol. The number of aliphatic hydroxyl groups is 3. The molecule has 0 spiro atoms. The van der Waals surface area contributed by atoms with Crippen LogP contribution >= 0.6 is 0 Å². The van der Waals surface area contributed by atoms with Crippen LogP contribution in [0.5, 0.6) is 0 Å². The molecule has 5 heteroatoms. The molecule has 0 rings (SSSR count). The molecule has 44 valence electrons. The van der Waals surface area contributed by atoms with Crippen molar-refractivity contribution in [2.45, 2.75) is 6.10 Å². The van der Waals surface area contributed by atoms with Gasteiger partial charge in [-0.3, -0.25) is 0 Å². The van der Waals surface area contributed by atoms with Gasteiger partial charge in [-0.25, -0.2) is 5.32 Å². The summed E-state index contributed by atoms with van der Waals surface area (Å²) in [5.41, 5.74) is 4.72. The molecule has 0 bridgehead atoms. The fourth-order valence-corrected chi connectivity index (χ4v) is 0.137. The van der Waals surface area contributed by atoms with E-state index in [1.807, 2.05) is 0 Å². The van der Waals surface area contributed by atoms with Crippen LogP contribution in [0.15, 0.2) is 0 Å². The van der Waals surface area contributed by atoms with E-state index in [0.29, 0.717) is 0 Å². The molecule has 0 aromatic carbocycles. The Labute approximate surface area is 40.4 Å². The van der Waals surface area contributed by atoms with E-state index in [1.165, 1.54) is 0 Å². The summed E-state index contributed by atoms with van der Waals surface area (Å²) in [6.07, 6.45) is -2.82. The highest BCUT2D eigenvalue weighted by Crippen LogP contribution is 1.78. The van der Waals surface area contributed by atoms with E-state index >= 15 is 0 Å². The van der Waals surface area contributed by atoms with Gasteiger partial charge in [0, 0.05) is 0 Å². The molecule has 0 fully saturated rings. The van der Waals surface area contributed by atoms with E-state index in [0.717, 1.165) is 0 Å². The lowest BCUT2D eigenvalue weighted by molar-refractivity contribution is -0.330. The molecular formula is C2H8N2O3. The van der Waals surface area contributed by atoms with Crippen molar-refractivity contribution in [1.29, 1.82) is 0 Å². The van der Waals surface area contributed by atoms with Gasteiger partial charge in [-0.2, -0.15) is 0 Å². The van der Waals surface area contributed by atoms with E-state index in [-0.39, 0.29) is 6.67 Å². The van der Waals surface area contributed by atoms with E-state index in [9.17, 15) is 0 Å². The molecule has 0 unspecified atom stereocenters. The third kappa shape index (κ3) is 5.80. The highest BCUT2D eigenvalue weighted by molar-refractivity contribution is 4.36. The molecule has 0 amide bonds. The van der Waals surface area contributed by atoms with Crippen LogP contribution in [0.2, 0.25) is 0 Å². The Balaban J connectivity index is 3.15. The van der Waals surface area contributed by atoms with Crippen molar-refractivity contribution in [3.8, 4) is 0 Å². The lowest BCUT2D eigenvalue weighted by Crippen LogP contribution is -2.47. The number of hydrogen-bond acceptors (Lipinski definition) is 5. The first-order chi connectivity index (χ1) is 3.06. The zero-order valence-electron chi connectivity index (χ0n) is 3.63. The summed E-state index contributed by atoms with van der Waals surface area (Å²) in [7, 11) is 0. The van der Waals surface area contributed by atoms with Crippen LogP contribution in [0.1, 0.15) is 0 Å². The molecule has 0 atom stereocenters. The molecule has 0 aromatic heterocycles. The Morgan fingerprint density at radius 2 is 1.86 bits per heavy atom. The minimum atomic E-state index is -2.82. The molecule has 0 aliphatic rings. The molecule has 7 heavy (non-hydrogen) atoms. The fraction of sp³-hybridized carbons (Fsp3) is 1.00. The molecular weight excluding hydrogens is 100 g/mol. The van der Waals surface area contributed by atoms with Crippen LogP contribution in [-0.4, -0.2) is 28.1 Å². The second-order valence-corrected chi connectivity index (χ2v) is 1.02. The van der Waals surface area contributed by atoms with Gasteiger partial charge in [-0.15, -0.1) is 0 Å². The first-order valence-electron chi connectivity index (χ1n) is 1.68. The number of nitrogens with two attached hydrogens (primary N) is 1. The fourth-order valence-electron chi connectivity index (χ4n) is 0.137. The molecule has 0 aliphatic carbocycles. The Morgan fingerprint density at radius 1 is 1.43 bits per heavy atom. The molecule has 0 saturated carbocycles. The highest BCUT2D eigenvalue weighted by atomic mass is 16.7. The second kappa shape index (κ2) is 2.20. The Bertz CT molecular complexity index is 49.4. The standard InChI is InChI=1S/C2H8N2O3/c3-1-4-2(5,6)7/h4-7H,1,3H2. The third-order valence-electron chi connectivity index (χ3n) is 0.339. The maximum atomic E-state index is 7.94. The van der Waals surface area contributed by atoms with Crippen molar-refractivity contribution in [2.75, 3.05) is 6.67 Å². The molecule has 0 radical (unpaired) electrons. The summed E-state index contributed by atoms with van der Waals surface area (Å²) < 4.78 is 0. The van der Waals surface area contributed by atoms with Crippen molar-refractivity contribution >= 4 is 0 Å². The monoisotopic (exact) mass is 108 g/mol. The topological polar surface area (TPSA) is 98.7 Å². The van der Waals surface area contributed by atoms with Gasteiger partial charge in [0.25, 0.3) is 0 Å². The lowest BCUT2D eigenvalue weighted by atomic mass is 10.9. The summed E-state index contributed by atoms with van der Waals surface area (Å²) in [5.74, 6) is 0. The van der Waals surface area contributed by atoms with Gasteiger partial charge in [0.05, 0.1) is 6.67 Å². The smallest absolute Gasteiger partial charge is 0.330 e. The van der Waals surface area contributed by atoms with Gasteiger partial charge < -0.3 is 21.1 Å². The van der Waals surface area contributed by atoms with Crippen molar-refractivity contribution in [1.82, 2.24) is 5.32 Å². The van der Waals surface area contributed by atoms with E-state index < -0.39 is 6.10 Å².